The maximum absolute atomic E-state index is 4.78. The largest absolute Gasteiger partial charge is 0.343 e. The smallest absolute Gasteiger partial charge is 0.217 e. The van der Waals surface area contributed by atoms with E-state index in [1.807, 2.05) is 6.20 Å². The monoisotopic (exact) mass is 484 g/mol. The average molecular weight is 485 g/mol. The zero-order valence-electron chi connectivity index (χ0n) is 18.5. The third kappa shape index (κ3) is 6.01. The fourth-order valence-electron chi connectivity index (χ4n) is 4.41. The highest BCUT2D eigenvalue weighted by Gasteiger charge is 2.21. The zero-order valence-corrected chi connectivity index (χ0v) is 20.1. The van der Waals surface area contributed by atoms with E-state index < -0.39 is 0 Å². The van der Waals surface area contributed by atoms with Gasteiger partial charge >= 0.3 is 0 Å². The fourth-order valence-corrected chi connectivity index (χ4v) is 4.81. The molecule has 4 rings (SSSR count). The van der Waals surface area contributed by atoms with E-state index in [0.29, 0.717) is 5.82 Å². The lowest BCUT2D eigenvalue weighted by atomic mass is 9.57. The highest BCUT2D eigenvalue weighted by molar-refractivity contribution is 9.09. The Morgan fingerprint density at radius 1 is 0.812 bits per heavy atom. The fraction of sp³-hybridized carbons (Fsp3) is 0.250. The van der Waals surface area contributed by atoms with Crippen LogP contribution in [-0.2, 0) is 19.4 Å². The summed E-state index contributed by atoms with van der Waals surface area (Å²) in [6, 6.07) is 30.6. The molecule has 1 aromatic heterocycles. The van der Waals surface area contributed by atoms with E-state index in [0.717, 1.165) is 37.7 Å². The Kier molecular flexibility index (Phi) is 8.39. The SMILES string of the molecule is BrCCCCc1ccccc1C(Bc1nccn1CCc1ccccc1)c1ccccc1. The lowest BCUT2D eigenvalue weighted by molar-refractivity contribution is 0.712. The molecule has 4 aromatic rings. The van der Waals surface area contributed by atoms with Crippen molar-refractivity contribution in [3.05, 3.63) is 120 Å². The van der Waals surface area contributed by atoms with Crippen LogP contribution in [0.25, 0.3) is 0 Å². The maximum Gasteiger partial charge on any atom is 0.217 e. The molecule has 1 atom stereocenters. The van der Waals surface area contributed by atoms with Crippen molar-refractivity contribution >= 4 is 28.9 Å². The van der Waals surface area contributed by atoms with Crippen LogP contribution in [-0.4, -0.2) is 22.2 Å². The number of hydrogen-bond acceptors (Lipinski definition) is 1. The van der Waals surface area contributed by atoms with Crippen LogP contribution in [0.2, 0.25) is 0 Å². The van der Waals surface area contributed by atoms with E-state index in [2.05, 4.69) is 112 Å². The quantitative estimate of drug-likeness (QED) is 0.152. The first-order valence-electron chi connectivity index (χ1n) is 11.6. The van der Waals surface area contributed by atoms with E-state index in [1.54, 1.807) is 0 Å². The molecular weight excluding hydrogens is 455 g/mol. The van der Waals surface area contributed by atoms with E-state index in [9.17, 15) is 0 Å². The molecule has 0 aliphatic heterocycles. The van der Waals surface area contributed by atoms with Gasteiger partial charge in [-0.2, -0.15) is 0 Å². The Bertz CT molecular complexity index is 1080. The van der Waals surface area contributed by atoms with Crippen LogP contribution < -0.4 is 5.72 Å². The van der Waals surface area contributed by atoms with Crippen molar-refractivity contribution in [1.82, 2.24) is 9.55 Å². The summed E-state index contributed by atoms with van der Waals surface area (Å²) in [6.45, 7) is 0.952. The van der Waals surface area contributed by atoms with Crippen molar-refractivity contribution in [2.24, 2.45) is 0 Å². The van der Waals surface area contributed by atoms with Crippen LogP contribution in [0.5, 0.6) is 0 Å². The summed E-state index contributed by atoms with van der Waals surface area (Å²) in [5.41, 5.74) is 6.78. The molecule has 0 fully saturated rings. The standard InChI is InChI=1S/C28H30BBrN2/c30-19-10-9-14-24-13-7-8-17-26(24)27(25-15-5-2-6-16-25)29-28-31-20-22-32(28)21-18-23-11-3-1-4-12-23/h1-8,11-13,15-17,20,22,27,29H,9-10,14,18-19,21H2. The number of rotatable bonds is 11. The Labute approximate surface area is 201 Å². The van der Waals surface area contributed by atoms with Gasteiger partial charge in [0.1, 0.15) is 0 Å². The van der Waals surface area contributed by atoms with Crippen molar-refractivity contribution < 1.29 is 0 Å². The van der Waals surface area contributed by atoms with Gasteiger partial charge in [0, 0.05) is 24.3 Å². The third-order valence-corrected chi connectivity index (χ3v) is 6.70. The second kappa shape index (κ2) is 11.9. The Balaban J connectivity index is 1.59. The molecular formula is C28H30BBrN2. The Morgan fingerprint density at radius 2 is 1.53 bits per heavy atom. The van der Waals surface area contributed by atoms with Crippen molar-refractivity contribution in [3.63, 3.8) is 0 Å². The molecule has 2 nitrogen and oxygen atoms in total. The van der Waals surface area contributed by atoms with Crippen LogP contribution >= 0.6 is 15.9 Å². The van der Waals surface area contributed by atoms with Gasteiger partial charge in [0.05, 0.1) is 5.72 Å². The molecule has 0 bridgehead atoms. The van der Waals surface area contributed by atoms with Gasteiger partial charge in [-0.1, -0.05) is 101 Å². The molecule has 0 aliphatic rings. The van der Waals surface area contributed by atoms with Crippen molar-refractivity contribution in [3.8, 4) is 0 Å². The number of imidazole rings is 1. The normalized spacial score (nSPS) is 11.9. The van der Waals surface area contributed by atoms with E-state index in [4.69, 9.17) is 4.98 Å². The van der Waals surface area contributed by atoms with Gasteiger partial charge in [-0.05, 0) is 53.8 Å². The third-order valence-electron chi connectivity index (χ3n) is 6.13. The molecule has 0 radical (unpaired) electrons. The highest BCUT2D eigenvalue weighted by Crippen LogP contribution is 2.27. The predicted molar refractivity (Wildman–Crippen MR) is 141 cm³/mol. The number of aryl methyl sites for hydroxylation is 3. The molecule has 0 amide bonds. The number of nitrogens with zero attached hydrogens (tertiary/aromatic N) is 2. The van der Waals surface area contributed by atoms with Gasteiger partial charge in [0.25, 0.3) is 0 Å². The van der Waals surface area contributed by atoms with Crippen LogP contribution in [0.4, 0.5) is 0 Å². The molecule has 0 aliphatic carbocycles. The minimum atomic E-state index is 0.300. The number of halogens is 1. The second-order valence-electron chi connectivity index (χ2n) is 8.28. The van der Waals surface area contributed by atoms with Gasteiger partial charge < -0.3 is 4.57 Å². The van der Waals surface area contributed by atoms with Gasteiger partial charge in [0.15, 0.2) is 0 Å². The lowest BCUT2D eigenvalue weighted by Crippen LogP contribution is -2.32. The first-order valence-corrected chi connectivity index (χ1v) is 12.7. The van der Waals surface area contributed by atoms with Crippen LogP contribution in [0.15, 0.2) is 97.3 Å². The molecule has 32 heavy (non-hydrogen) atoms. The molecule has 4 heteroatoms. The first-order chi connectivity index (χ1) is 15.8. The van der Waals surface area contributed by atoms with Gasteiger partial charge in [-0.3, -0.25) is 4.98 Å². The number of alkyl halides is 1. The summed E-state index contributed by atoms with van der Waals surface area (Å²) in [7, 11) is 0.904. The Morgan fingerprint density at radius 3 is 2.31 bits per heavy atom. The lowest BCUT2D eigenvalue weighted by Gasteiger charge is -2.21. The van der Waals surface area contributed by atoms with E-state index in [-0.39, 0.29) is 0 Å². The molecule has 162 valence electrons. The van der Waals surface area contributed by atoms with Crippen molar-refractivity contribution in [1.29, 1.82) is 0 Å². The van der Waals surface area contributed by atoms with E-state index in [1.165, 1.54) is 35.1 Å². The van der Waals surface area contributed by atoms with Crippen molar-refractivity contribution in [2.45, 2.75) is 38.0 Å². The molecule has 0 saturated heterocycles. The summed E-state index contributed by atoms with van der Waals surface area (Å²) in [5.74, 6) is 0.300. The van der Waals surface area contributed by atoms with E-state index >= 15 is 0 Å². The minimum absolute atomic E-state index is 0.300. The zero-order chi connectivity index (χ0) is 22.0. The van der Waals surface area contributed by atoms with Crippen LogP contribution in [0.1, 0.15) is 40.9 Å². The number of hydrogen-bond donors (Lipinski definition) is 0. The first kappa shape index (κ1) is 22.6. The number of aromatic nitrogens is 2. The summed E-state index contributed by atoms with van der Waals surface area (Å²) < 4.78 is 2.33. The number of benzene rings is 3. The second-order valence-corrected chi connectivity index (χ2v) is 9.08. The Hall–Kier alpha value is -2.59. The maximum atomic E-state index is 4.78. The molecule has 1 unspecified atom stereocenters. The summed E-state index contributed by atoms with van der Waals surface area (Å²) in [6.07, 6.45) is 8.62. The molecule has 0 spiro atoms. The molecule has 0 N–H and O–H groups in total. The predicted octanol–water partition coefficient (Wildman–Crippen LogP) is 5.69. The number of unbranched alkanes of at least 4 members (excludes halogenated alkanes) is 1. The van der Waals surface area contributed by atoms with Crippen molar-refractivity contribution in [2.75, 3.05) is 5.33 Å². The summed E-state index contributed by atoms with van der Waals surface area (Å²) >= 11 is 3.58. The topological polar surface area (TPSA) is 17.8 Å². The summed E-state index contributed by atoms with van der Waals surface area (Å²) in [4.78, 5) is 4.78. The van der Waals surface area contributed by atoms with Gasteiger partial charge in [-0.25, -0.2) is 0 Å². The molecule has 3 aromatic carbocycles. The van der Waals surface area contributed by atoms with Gasteiger partial charge in [-0.15, -0.1) is 0 Å². The highest BCUT2D eigenvalue weighted by atomic mass is 79.9. The van der Waals surface area contributed by atoms with Gasteiger partial charge in [0.2, 0.25) is 7.28 Å². The van der Waals surface area contributed by atoms with Crippen LogP contribution in [0, 0.1) is 0 Å². The minimum Gasteiger partial charge on any atom is -0.343 e. The molecule has 1 heterocycles. The van der Waals surface area contributed by atoms with Crippen LogP contribution in [0.3, 0.4) is 0 Å². The average Bonchev–Trinajstić information content (AvgIpc) is 3.30. The summed E-state index contributed by atoms with van der Waals surface area (Å²) in [5, 5.41) is 1.07. The molecule has 0 saturated carbocycles.